The molecule has 0 spiro atoms. The summed E-state index contributed by atoms with van der Waals surface area (Å²) in [7, 11) is 0. The molecule has 138 valence electrons. The number of urea groups is 1. The first-order chi connectivity index (χ1) is 12.1. The van der Waals surface area contributed by atoms with E-state index in [0.29, 0.717) is 18.5 Å². The van der Waals surface area contributed by atoms with E-state index < -0.39 is 5.54 Å². The van der Waals surface area contributed by atoms with Crippen LogP contribution in [0.25, 0.3) is 0 Å². The summed E-state index contributed by atoms with van der Waals surface area (Å²) in [5.74, 6) is 0.406. The maximum atomic E-state index is 12.3. The Bertz CT molecular complexity index is 602. The van der Waals surface area contributed by atoms with Crippen LogP contribution >= 0.6 is 0 Å². The number of carbonyl (C=O) groups excluding carboxylic acids is 1. The average molecular weight is 345 g/mol. The van der Waals surface area contributed by atoms with Gasteiger partial charge in [-0.05, 0) is 49.7 Å². The molecule has 1 fully saturated rings. The molecule has 1 aromatic carbocycles. The molecule has 0 saturated heterocycles. The summed E-state index contributed by atoms with van der Waals surface area (Å²) in [4.78, 5) is 14.8. The Morgan fingerprint density at radius 1 is 1.36 bits per heavy atom. The van der Waals surface area contributed by atoms with Gasteiger partial charge in [0.25, 0.3) is 0 Å². The molecule has 3 N–H and O–H groups in total. The Labute approximate surface area is 150 Å². The third-order valence-electron chi connectivity index (χ3n) is 5.85. The van der Waals surface area contributed by atoms with E-state index in [0.717, 1.165) is 38.8 Å². The first-order valence-electron chi connectivity index (χ1n) is 9.53. The molecule has 2 amide bonds. The highest BCUT2D eigenvalue weighted by atomic mass is 16.3. The summed E-state index contributed by atoms with van der Waals surface area (Å²) < 4.78 is 0. The molecule has 0 aromatic heterocycles. The number of benzene rings is 1. The lowest BCUT2D eigenvalue weighted by molar-refractivity contribution is 0.148. The van der Waals surface area contributed by atoms with Crippen LogP contribution in [0, 0.1) is 5.92 Å². The molecule has 1 heterocycles. The highest BCUT2D eigenvalue weighted by Gasteiger charge is 2.42. The van der Waals surface area contributed by atoms with Crippen molar-refractivity contribution in [2.24, 2.45) is 5.92 Å². The van der Waals surface area contributed by atoms with E-state index in [-0.39, 0.29) is 12.6 Å². The predicted octanol–water partition coefficient (Wildman–Crippen LogP) is 2.28. The standard InChI is InChI=1S/C20H31N3O2/c1-3-18(23-11-10-15-6-4-5-7-16(15)13-23)12-21-19(25)22-20(2,14-24)17-8-9-17/h4-7,17-18,24H,3,8-14H2,1-2H3,(H2,21,22,25). The lowest BCUT2D eigenvalue weighted by Crippen LogP contribution is -2.56. The molecular weight excluding hydrogens is 314 g/mol. The lowest BCUT2D eigenvalue weighted by Gasteiger charge is -2.36. The molecule has 3 rings (SSSR count). The topological polar surface area (TPSA) is 64.6 Å². The van der Waals surface area contributed by atoms with Crippen molar-refractivity contribution in [1.82, 2.24) is 15.5 Å². The van der Waals surface area contributed by atoms with Gasteiger partial charge in [0.15, 0.2) is 0 Å². The minimum atomic E-state index is -0.490. The third kappa shape index (κ3) is 4.33. The summed E-state index contributed by atoms with van der Waals surface area (Å²) in [5, 5.41) is 15.6. The molecule has 25 heavy (non-hydrogen) atoms. The minimum absolute atomic E-state index is 0.00873. The van der Waals surface area contributed by atoms with Crippen LogP contribution in [0.15, 0.2) is 24.3 Å². The fourth-order valence-electron chi connectivity index (χ4n) is 3.87. The van der Waals surface area contributed by atoms with Crippen molar-refractivity contribution in [3.63, 3.8) is 0 Å². The number of nitrogens with zero attached hydrogens (tertiary/aromatic N) is 1. The van der Waals surface area contributed by atoms with Gasteiger partial charge in [-0.3, -0.25) is 4.90 Å². The molecule has 2 unspecified atom stereocenters. The van der Waals surface area contributed by atoms with E-state index >= 15 is 0 Å². The van der Waals surface area contributed by atoms with E-state index in [9.17, 15) is 9.90 Å². The molecule has 5 heteroatoms. The van der Waals surface area contributed by atoms with Crippen LogP contribution in [0.1, 0.15) is 44.2 Å². The Balaban J connectivity index is 1.52. The van der Waals surface area contributed by atoms with Gasteiger partial charge in [0.2, 0.25) is 0 Å². The summed E-state index contributed by atoms with van der Waals surface area (Å²) in [6.07, 6.45) is 4.25. The summed E-state index contributed by atoms with van der Waals surface area (Å²) in [5.41, 5.74) is 2.36. The average Bonchev–Trinajstić information content (AvgIpc) is 3.47. The van der Waals surface area contributed by atoms with Crippen LogP contribution < -0.4 is 10.6 Å². The Morgan fingerprint density at radius 2 is 2.08 bits per heavy atom. The number of fused-ring (bicyclic) bond motifs is 1. The van der Waals surface area contributed by atoms with Gasteiger partial charge in [0.05, 0.1) is 12.1 Å². The smallest absolute Gasteiger partial charge is 0.315 e. The zero-order valence-electron chi connectivity index (χ0n) is 15.4. The number of nitrogens with one attached hydrogen (secondary N) is 2. The summed E-state index contributed by atoms with van der Waals surface area (Å²) >= 11 is 0. The highest BCUT2D eigenvalue weighted by molar-refractivity contribution is 5.74. The van der Waals surface area contributed by atoms with Gasteiger partial charge in [-0.2, -0.15) is 0 Å². The second-order valence-corrected chi connectivity index (χ2v) is 7.74. The van der Waals surface area contributed by atoms with Gasteiger partial charge >= 0.3 is 6.03 Å². The quantitative estimate of drug-likeness (QED) is 0.710. The maximum absolute atomic E-state index is 12.3. The molecule has 2 aliphatic rings. The van der Waals surface area contributed by atoms with Gasteiger partial charge in [0, 0.05) is 25.7 Å². The third-order valence-corrected chi connectivity index (χ3v) is 5.85. The minimum Gasteiger partial charge on any atom is -0.394 e. The monoisotopic (exact) mass is 345 g/mol. The van der Waals surface area contributed by atoms with E-state index in [1.807, 2.05) is 6.92 Å². The molecule has 2 atom stereocenters. The van der Waals surface area contributed by atoms with Crippen molar-refractivity contribution >= 4 is 6.03 Å². The Morgan fingerprint density at radius 3 is 2.72 bits per heavy atom. The molecule has 0 radical (unpaired) electrons. The lowest BCUT2D eigenvalue weighted by atomic mass is 9.97. The number of hydrogen-bond acceptors (Lipinski definition) is 3. The fourth-order valence-corrected chi connectivity index (χ4v) is 3.87. The van der Waals surface area contributed by atoms with Gasteiger partial charge in [-0.25, -0.2) is 4.79 Å². The summed E-state index contributed by atoms with van der Waals surface area (Å²) in [6, 6.07) is 8.79. The first kappa shape index (κ1) is 18.2. The van der Waals surface area contributed by atoms with Crippen molar-refractivity contribution in [2.45, 2.75) is 57.7 Å². The van der Waals surface area contributed by atoms with Crippen LogP contribution in [0.2, 0.25) is 0 Å². The van der Waals surface area contributed by atoms with Crippen LogP contribution in [0.3, 0.4) is 0 Å². The SMILES string of the molecule is CCC(CNC(=O)NC(C)(CO)C1CC1)N1CCc2ccccc2C1. The van der Waals surface area contributed by atoms with E-state index in [2.05, 4.69) is 46.7 Å². The second-order valence-electron chi connectivity index (χ2n) is 7.74. The van der Waals surface area contributed by atoms with Crippen molar-refractivity contribution in [3.05, 3.63) is 35.4 Å². The van der Waals surface area contributed by atoms with E-state index in [4.69, 9.17) is 0 Å². The van der Waals surface area contributed by atoms with Crippen molar-refractivity contribution in [1.29, 1.82) is 0 Å². The molecule has 1 aromatic rings. The Hall–Kier alpha value is -1.59. The number of rotatable bonds is 7. The van der Waals surface area contributed by atoms with Gasteiger partial charge < -0.3 is 15.7 Å². The maximum Gasteiger partial charge on any atom is 0.315 e. The molecular formula is C20H31N3O2. The van der Waals surface area contributed by atoms with Gasteiger partial charge in [-0.15, -0.1) is 0 Å². The highest BCUT2D eigenvalue weighted by Crippen LogP contribution is 2.39. The number of aliphatic hydroxyl groups is 1. The summed E-state index contributed by atoms with van der Waals surface area (Å²) in [6.45, 7) is 6.72. The largest absolute Gasteiger partial charge is 0.394 e. The normalized spacial score (nSPS) is 21.1. The van der Waals surface area contributed by atoms with Crippen LogP contribution in [0.5, 0.6) is 0 Å². The predicted molar refractivity (Wildman–Crippen MR) is 99.4 cm³/mol. The van der Waals surface area contributed by atoms with Crippen molar-refractivity contribution < 1.29 is 9.90 Å². The van der Waals surface area contributed by atoms with Gasteiger partial charge in [0.1, 0.15) is 0 Å². The Kier molecular flexibility index (Phi) is 5.64. The molecule has 1 aliphatic heterocycles. The second kappa shape index (κ2) is 7.75. The fraction of sp³-hybridized carbons (Fsp3) is 0.650. The molecule has 5 nitrogen and oxygen atoms in total. The number of hydrogen-bond donors (Lipinski definition) is 3. The van der Waals surface area contributed by atoms with Crippen molar-refractivity contribution in [2.75, 3.05) is 19.7 Å². The van der Waals surface area contributed by atoms with E-state index in [1.165, 1.54) is 11.1 Å². The first-order valence-corrected chi connectivity index (χ1v) is 9.53. The van der Waals surface area contributed by atoms with Gasteiger partial charge in [-0.1, -0.05) is 31.2 Å². The molecule has 1 aliphatic carbocycles. The number of carbonyl (C=O) groups is 1. The number of aliphatic hydroxyl groups excluding tert-OH is 1. The molecule has 1 saturated carbocycles. The van der Waals surface area contributed by atoms with E-state index in [1.54, 1.807) is 0 Å². The van der Waals surface area contributed by atoms with Crippen LogP contribution in [0.4, 0.5) is 4.79 Å². The zero-order valence-corrected chi connectivity index (χ0v) is 15.4. The zero-order chi connectivity index (χ0) is 17.9. The molecule has 0 bridgehead atoms. The van der Waals surface area contributed by atoms with Crippen LogP contribution in [-0.2, 0) is 13.0 Å². The number of amides is 2. The van der Waals surface area contributed by atoms with Crippen LogP contribution in [-0.4, -0.2) is 47.3 Å². The van der Waals surface area contributed by atoms with Crippen molar-refractivity contribution in [3.8, 4) is 0 Å².